The van der Waals surface area contributed by atoms with Crippen molar-refractivity contribution in [2.75, 3.05) is 10.2 Å². The number of amides is 1. The van der Waals surface area contributed by atoms with E-state index in [1.54, 1.807) is 6.20 Å². The number of anilines is 2. The van der Waals surface area contributed by atoms with E-state index in [1.807, 2.05) is 37.3 Å². The molecule has 5 nitrogen and oxygen atoms in total. The molecule has 1 unspecified atom stereocenters. The molecule has 2 heterocycles. The van der Waals surface area contributed by atoms with Crippen LogP contribution in [0.5, 0.6) is 0 Å². The Morgan fingerprint density at radius 3 is 2.83 bits per heavy atom. The summed E-state index contributed by atoms with van der Waals surface area (Å²) in [6.45, 7) is 3.39. The van der Waals surface area contributed by atoms with E-state index in [-0.39, 0.29) is 24.4 Å². The molecule has 1 aromatic heterocycles. The van der Waals surface area contributed by atoms with Gasteiger partial charge in [-0.15, -0.1) is 12.4 Å². The van der Waals surface area contributed by atoms with E-state index in [9.17, 15) is 4.79 Å². The van der Waals surface area contributed by atoms with Crippen LogP contribution >= 0.6 is 12.4 Å². The van der Waals surface area contributed by atoms with Crippen LogP contribution in [0.2, 0.25) is 0 Å². The van der Waals surface area contributed by atoms with Gasteiger partial charge in [-0.3, -0.25) is 4.79 Å². The standard InChI is InChI=1S/C17H20N4O.ClH/c1-12(18)9-17(22)20-15-6-4-5-13-10-21(11-14(13)15)16-7-2-3-8-19-16;/h2-8,12H,9-11,18H2,1H3,(H,20,22);1H. The van der Waals surface area contributed by atoms with Crippen LogP contribution in [-0.2, 0) is 17.9 Å². The molecule has 3 rings (SSSR count). The summed E-state index contributed by atoms with van der Waals surface area (Å²) in [4.78, 5) is 18.6. The molecular formula is C17H21ClN4O. The summed E-state index contributed by atoms with van der Waals surface area (Å²) in [7, 11) is 0. The lowest BCUT2D eigenvalue weighted by Crippen LogP contribution is -2.24. The third-order valence-corrected chi connectivity index (χ3v) is 3.74. The molecule has 3 N–H and O–H groups in total. The van der Waals surface area contributed by atoms with Gasteiger partial charge in [0.1, 0.15) is 5.82 Å². The van der Waals surface area contributed by atoms with Crippen molar-refractivity contribution in [3.05, 3.63) is 53.7 Å². The highest BCUT2D eigenvalue weighted by Gasteiger charge is 2.23. The molecule has 0 saturated carbocycles. The molecule has 1 aliphatic heterocycles. The second-order valence-corrected chi connectivity index (χ2v) is 5.72. The average molecular weight is 333 g/mol. The highest BCUT2D eigenvalue weighted by atomic mass is 35.5. The second kappa shape index (κ2) is 7.44. The smallest absolute Gasteiger partial charge is 0.225 e. The second-order valence-electron chi connectivity index (χ2n) is 5.72. The van der Waals surface area contributed by atoms with Gasteiger partial charge in [0.25, 0.3) is 0 Å². The average Bonchev–Trinajstić information content (AvgIpc) is 2.92. The van der Waals surface area contributed by atoms with E-state index < -0.39 is 0 Å². The van der Waals surface area contributed by atoms with Crippen molar-refractivity contribution in [2.24, 2.45) is 5.73 Å². The van der Waals surface area contributed by atoms with E-state index in [0.717, 1.165) is 30.2 Å². The molecule has 1 aliphatic rings. The Balaban J connectivity index is 0.00000192. The minimum absolute atomic E-state index is 0. The fraction of sp³-hybridized carbons (Fsp3) is 0.294. The van der Waals surface area contributed by atoms with Gasteiger partial charge in [0, 0.05) is 37.4 Å². The van der Waals surface area contributed by atoms with Gasteiger partial charge in [0.05, 0.1) is 0 Å². The molecule has 0 fully saturated rings. The predicted octanol–water partition coefficient (Wildman–Crippen LogP) is 2.70. The summed E-state index contributed by atoms with van der Waals surface area (Å²) in [5, 5.41) is 2.98. The molecule has 122 valence electrons. The molecule has 0 spiro atoms. The Kier molecular flexibility index (Phi) is 5.58. The number of pyridine rings is 1. The molecular weight excluding hydrogens is 312 g/mol. The lowest BCUT2D eigenvalue weighted by Gasteiger charge is -2.16. The molecule has 1 aromatic carbocycles. The van der Waals surface area contributed by atoms with Crippen LogP contribution in [0.15, 0.2) is 42.6 Å². The first-order chi connectivity index (χ1) is 10.6. The Morgan fingerprint density at radius 2 is 2.13 bits per heavy atom. The minimum atomic E-state index is -0.137. The third-order valence-electron chi connectivity index (χ3n) is 3.74. The first-order valence-corrected chi connectivity index (χ1v) is 7.45. The van der Waals surface area contributed by atoms with Crippen molar-refractivity contribution in [2.45, 2.75) is 32.5 Å². The SMILES string of the molecule is CC(N)CC(=O)Nc1cccc2c1CN(c1ccccn1)C2.Cl. The Hall–Kier alpha value is -2.11. The van der Waals surface area contributed by atoms with Crippen LogP contribution in [-0.4, -0.2) is 16.9 Å². The lowest BCUT2D eigenvalue weighted by atomic mass is 10.1. The summed E-state index contributed by atoms with van der Waals surface area (Å²) in [6.07, 6.45) is 2.12. The molecule has 1 atom stereocenters. The summed E-state index contributed by atoms with van der Waals surface area (Å²) < 4.78 is 0. The quantitative estimate of drug-likeness (QED) is 0.903. The number of carbonyl (C=O) groups excluding carboxylic acids is 1. The van der Waals surface area contributed by atoms with Gasteiger partial charge in [-0.1, -0.05) is 18.2 Å². The topological polar surface area (TPSA) is 71.2 Å². The van der Waals surface area contributed by atoms with Crippen LogP contribution in [0.1, 0.15) is 24.5 Å². The number of benzene rings is 1. The van der Waals surface area contributed by atoms with Gasteiger partial charge >= 0.3 is 0 Å². The van der Waals surface area contributed by atoms with Gasteiger partial charge in [-0.2, -0.15) is 0 Å². The van der Waals surface area contributed by atoms with Crippen LogP contribution in [0.25, 0.3) is 0 Å². The zero-order valence-electron chi connectivity index (χ0n) is 13.0. The number of carbonyl (C=O) groups is 1. The first kappa shape index (κ1) is 17.2. The summed E-state index contributed by atoms with van der Waals surface area (Å²) >= 11 is 0. The molecule has 0 aliphatic carbocycles. The van der Waals surface area contributed by atoms with Gasteiger partial charge in [0.15, 0.2) is 0 Å². The normalized spacial score (nSPS) is 13.9. The summed E-state index contributed by atoms with van der Waals surface area (Å²) in [5.74, 6) is 0.909. The highest BCUT2D eigenvalue weighted by molar-refractivity contribution is 5.92. The minimum Gasteiger partial charge on any atom is -0.348 e. The molecule has 0 radical (unpaired) electrons. The first-order valence-electron chi connectivity index (χ1n) is 7.45. The predicted molar refractivity (Wildman–Crippen MR) is 94.7 cm³/mol. The maximum atomic E-state index is 12.0. The van der Waals surface area contributed by atoms with Gasteiger partial charge < -0.3 is 16.0 Å². The molecule has 0 saturated heterocycles. The highest BCUT2D eigenvalue weighted by Crippen LogP contribution is 2.31. The summed E-state index contributed by atoms with van der Waals surface area (Å²) in [6, 6.07) is 11.8. The number of rotatable bonds is 4. The molecule has 0 bridgehead atoms. The number of hydrogen-bond acceptors (Lipinski definition) is 4. The molecule has 6 heteroatoms. The maximum Gasteiger partial charge on any atom is 0.225 e. The van der Waals surface area contributed by atoms with E-state index in [1.165, 1.54) is 5.56 Å². The van der Waals surface area contributed by atoms with Gasteiger partial charge in [0.2, 0.25) is 5.91 Å². The number of halogens is 1. The zero-order chi connectivity index (χ0) is 15.5. The number of nitrogens with zero attached hydrogens (tertiary/aromatic N) is 2. The zero-order valence-corrected chi connectivity index (χ0v) is 13.8. The van der Waals surface area contributed by atoms with Crippen molar-refractivity contribution in [1.82, 2.24) is 4.98 Å². The van der Waals surface area contributed by atoms with Crippen molar-refractivity contribution in [3.63, 3.8) is 0 Å². The van der Waals surface area contributed by atoms with Crippen molar-refractivity contribution >= 4 is 29.8 Å². The summed E-state index contributed by atoms with van der Waals surface area (Å²) in [5.41, 5.74) is 8.94. The number of nitrogens with one attached hydrogen (secondary N) is 1. The van der Waals surface area contributed by atoms with E-state index in [2.05, 4.69) is 21.3 Å². The van der Waals surface area contributed by atoms with Crippen LogP contribution in [0.4, 0.5) is 11.5 Å². The van der Waals surface area contributed by atoms with Crippen LogP contribution in [0, 0.1) is 0 Å². The lowest BCUT2D eigenvalue weighted by molar-refractivity contribution is -0.116. The van der Waals surface area contributed by atoms with Crippen molar-refractivity contribution in [3.8, 4) is 0 Å². The van der Waals surface area contributed by atoms with Crippen molar-refractivity contribution in [1.29, 1.82) is 0 Å². The fourth-order valence-electron chi connectivity index (χ4n) is 2.74. The molecule has 2 aromatic rings. The number of hydrogen-bond donors (Lipinski definition) is 2. The number of nitrogens with two attached hydrogens (primary N) is 1. The molecule has 23 heavy (non-hydrogen) atoms. The Morgan fingerprint density at radius 1 is 1.30 bits per heavy atom. The Labute approximate surface area is 142 Å². The van der Waals surface area contributed by atoms with Gasteiger partial charge in [-0.25, -0.2) is 4.98 Å². The van der Waals surface area contributed by atoms with Gasteiger partial charge in [-0.05, 0) is 36.2 Å². The van der Waals surface area contributed by atoms with Crippen LogP contribution < -0.4 is 16.0 Å². The van der Waals surface area contributed by atoms with Crippen LogP contribution in [0.3, 0.4) is 0 Å². The Bertz CT molecular complexity index is 676. The maximum absolute atomic E-state index is 12.0. The van der Waals surface area contributed by atoms with E-state index >= 15 is 0 Å². The van der Waals surface area contributed by atoms with E-state index in [4.69, 9.17) is 5.73 Å². The number of fused-ring (bicyclic) bond motifs is 1. The number of aromatic nitrogens is 1. The monoisotopic (exact) mass is 332 g/mol. The van der Waals surface area contributed by atoms with Crippen molar-refractivity contribution < 1.29 is 4.79 Å². The molecule has 1 amide bonds. The fourth-order valence-corrected chi connectivity index (χ4v) is 2.74. The van der Waals surface area contributed by atoms with E-state index in [0.29, 0.717) is 6.42 Å². The largest absolute Gasteiger partial charge is 0.348 e. The third kappa shape index (κ3) is 4.00.